The molecule has 0 atom stereocenters. The Morgan fingerprint density at radius 2 is 2.40 bits per heavy atom. The number of nitrogens with two attached hydrogens (primary N) is 1. The van der Waals surface area contributed by atoms with Gasteiger partial charge in [0.15, 0.2) is 0 Å². The van der Waals surface area contributed by atoms with Crippen LogP contribution in [0, 0.1) is 6.92 Å². The van der Waals surface area contributed by atoms with Gasteiger partial charge >= 0.3 is 0 Å². The lowest BCUT2D eigenvalue weighted by molar-refractivity contribution is 0.276. The molecule has 10 heavy (non-hydrogen) atoms. The molecule has 1 aromatic heterocycles. The number of aromatic nitrogens is 1. The first-order valence-electron chi connectivity index (χ1n) is 3.06. The maximum atomic E-state index is 8.72. The van der Waals surface area contributed by atoms with Gasteiger partial charge in [-0.05, 0) is 18.6 Å². The van der Waals surface area contributed by atoms with E-state index < -0.39 is 0 Å². The molecular weight excluding hydrogens is 128 g/mol. The van der Waals surface area contributed by atoms with Crippen LogP contribution in [0.4, 0.5) is 5.69 Å². The highest BCUT2D eigenvalue weighted by molar-refractivity contribution is 5.46. The Kier molecular flexibility index (Phi) is 1.87. The van der Waals surface area contributed by atoms with E-state index in [1.807, 2.05) is 6.92 Å². The first-order chi connectivity index (χ1) is 4.75. The second kappa shape index (κ2) is 2.66. The van der Waals surface area contributed by atoms with E-state index in [1.165, 1.54) is 0 Å². The van der Waals surface area contributed by atoms with Gasteiger partial charge in [0.25, 0.3) is 0 Å². The molecule has 0 amide bonds. The normalized spacial score (nSPS) is 9.80. The maximum absolute atomic E-state index is 8.72. The minimum absolute atomic E-state index is 0.0448. The van der Waals surface area contributed by atoms with Crippen molar-refractivity contribution in [3.8, 4) is 0 Å². The predicted molar refractivity (Wildman–Crippen MR) is 39.3 cm³/mol. The predicted octanol–water partition coefficient (Wildman–Crippen LogP) is 0.465. The fourth-order valence-corrected chi connectivity index (χ4v) is 0.755. The zero-order valence-corrected chi connectivity index (χ0v) is 5.83. The number of anilines is 1. The number of aliphatic hydroxyl groups excluding tert-OH is 1. The monoisotopic (exact) mass is 138 g/mol. The van der Waals surface area contributed by atoms with Crippen LogP contribution in [0.1, 0.15) is 11.3 Å². The van der Waals surface area contributed by atoms with Crippen molar-refractivity contribution < 1.29 is 5.11 Å². The van der Waals surface area contributed by atoms with Gasteiger partial charge in [-0.3, -0.25) is 4.98 Å². The zero-order valence-electron chi connectivity index (χ0n) is 5.83. The smallest absolute Gasteiger partial charge is 0.0856 e. The van der Waals surface area contributed by atoms with Gasteiger partial charge in [0.1, 0.15) is 0 Å². The lowest BCUT2D eigenvalue weighted by atomic mass is 10.2. The number of rotatable bonds is 1. The number of hydrogen-bond acceptors (Lipinski definition) is 3. The Labute approximate surface area is 59.5 Å². The molecule has 0 aliphatic carbocycles. The summed E-state index contributed by atoms with van der Waals surface area (Å²) in [5.41, 5.74) is 7.74. The molecule has 3 N–H and O–H groups in total. The average molecular weight is 138 g/mol. The average Bonchev–Trinajstić information content (AvgIpc) is 1.95. The van der Waals surface area contributed by atoms with Crippen LogP contribution in [-0.4, -0.2) is 10.1 Å². The van der Waals surface area contributed by atoms with E-state index in [2.05, 4.69) is 4.98 Å². The zero-order chi connectivity index (χ0) is 7.56. The Morgan fingerprint density at radius 1 is 1.70 bits per heavy atom. The van der Waals surface area contributed by atoms with Crippen molar-refractivity contribution in [1.82, 2.24) is 4.98 Å². The fourth-order valence-electron chi connectivity index (χ4n) is 0.755. The van der Waals surface area contributed by atoms with Crippen molar-refractivity contribution >= 4 is 5.69 Å². The molecule has 0 aliphatic heterocycles. The van der Waals surface area contributed by atoms with Crippen LogP contribution in [0.15, 0.2) is 12.3 Å². The van der Waals surface area contributed by atoms with Crippen LogP contribution in [0.5, 0.6) is 0 Å². The quantitative estimate of drug-likeness (QED) is 0.592. The summed E-state index contributed by atoms with van der Waals surface area (Å²) in [7, 11) is 0. The largest absolute Gasteiger partial charge is 0.398 e. The van der Waals surface area contributed by atoms with Crippen molar-refractivity contribution in [2.75, 3.05) is 5.73 Å². The molecule has 1 rings (SSSR count). The number of pyridine rings is 1. The van der Waals surface area contributed by atoms with Crippen molar-refractivity contribution in [2.45, 2.75) is 13.5 Å². The van der Waals surface area contributed by atoms with Gasteiger partial charge in [-0.15, -0.1) is 0 Å². The molecule has 0 bridgehead atoms. The highest BCUT2D eigenvalue weighted by Gasteiger charge is 1.99. The molecule has 0 aromatic carbocycles. The van der Waals surface area contributed by atoms with Crippen LogP contribution in [0.25, 0.3) is 0 Å². The molecule has 0 aliphatic rings. The Hall–Kier alpha value is -1.09. The molecule has 3 nitrogen and oxygen atoms in total. The summed E-state index contributed by atoms with van der Waals surface area (Å²) in [6.45, 7) is 1.80. The van der Waals surface area contributed by atoms with Crippen LogP contribution < -0.4 is 5.73 Å². The lowest BCUT2D eigenvalue weighted by Gasteiger charge is -2.02. The molecule has 0 unspecified atom stereocenters. The molecule has 0 saturated carbocycles. The second-order valence-electron chi connectivity index (χ2n) is 2.13. The van der Waals surface area contributed by atoms with E-state index in [-0.39, 0.29) is 6.61 Å². The van der Waals surface area contributed by atoms with Crippen molar-refractivity contribution in [3.05, 3.63) is 23.5 Å². The summed E-state index contributed by atoms with van der Waals surface area (Å²) in [6.07, 6.45) is 1.59. The van der Waals surface area contributed by atoms with Gasteiger partial charge in [0, 0.05) is 11.9 Å². The molecule has 0 fully saturated rings. The Balaban J connectivity index is 3.14. The molecule has 3 heteroatoms. The summed E-state index contributed by atoms with van der Waals surface area (Å²) in [6, 6.07) is 1.72. The fraction of sp³-hybridized carbons (Fsp3) is 0.286. The summed E-state index contributed by atoms with van der Waals surface area (Å²) in [5, 5.41) is 8.72. The summed E-state index contributed by atoms with van der Waals surface area (Å²) >= 11 is 0. The second-order valence-corrected chi connectivity index (χ2v) is 2.13. The molecule has 0 radical (unpaired) electrons. The van der Waals surface area contributed by atoms with E-state index in [4.69, 9.17) is 10.8 Å². The highest BCUT2D eigenvalue weighted by atomic mass is 16.3. The molecule has 54 valence electrons. The number of nitrogens with zero attached hydrogens (tertiary/aromatic N) is 1. The van der Waals surface area contributed by atoms with E-state index in [0.717, 1.165) is 5.56 Å². The molecule has 1 heterocycles. The van der Waals surface area contributed by atoms with Gasteiger partial charge in [-0.2, -0.15) is 0 Å². The third-order valence-electron chi connectivity index (χ3n) is 1.50. The number of nitrogen functional groups attached to an aromatic ring is 1. The van der Waals surface area contributed by atoms with Gasteiger partial charge in [-0.1, -0.05) is 0 Å². The van der Waals surface area contributed by atoms with E-state index >= 15 is 0 Å². The van der Waals surface area contributed by atoms with Crippen LogP contribution in [-0.2, 0) is 6.61 Å². The van der Waals surface area contributed by atoms with Crippen molar-refractivity contribution in [2.24, 2.45) is 0 Å². The van der Waals surface area contributed by atoms with Crippen molar-refractivity contribution in [3.63, 3.8) is 0 Å². The maximum Gasteiger partial charge on any atom is 0.0856 e. The highest BCUT2D eigenvalue weighted by Crippen LogP contribution is 2.11. The third kappa shape index (κ3) is 1.09. The SMILES string of the molecule is Cc1c(N)ccnc1CO. The van der Waals surface area contributed by atoms with E-state index in [9.17, 15) is 0 Å². The summed E-state index contributed by atoms with van der Waals surface area (Å²) in [5.74, 6) is 0. The summed E-state index contributed by atoms with van der Waals surface area (Å²) < 4.78 is 0. The standard InChI is InChI=1S/C7H10N2O/c1-5-6(8)2-3-9-7(5)4-10/h2-3,10H,4H2,1H3,(H2,8,9). The lowest BCUT2D eigenvalue weighted by Crippen LogP contribution is -1.97. The van der Waals surface area contributed by atoms with Gasteiger partial charge in [0.2, 0.25) is 0 Å². The minimum Gasteiger partial charge on any atom is -0.398 e. The number of hydrogen-bond donors (Lipinski definition) is 2. The Bertz CT molecular complexity index is 235. The molecule has 1 aromatic rings. The van der Waals surface area contributed by atoms with Gasteiger partial charge in [0.05, 0.1) is 12.3 Å². The van der Waals surface area contributed by atoms with Crippen LogP contribution in [0.3, 0.4) is 0 Å². The van der Waals surface area contributed by atoms with E-state index in [1.54, 1.807) is 12.3 Å². The first kappa shape index (κ1) is 7.02. The third-order valence-corrected chi connectivity index (χ3v) is 1.50. The molecule has 0 spiro atoms. The topological polar surface area (TPSA) is 59.1 Å². The van der Waals surface area contributed by atoms with Crippen LogP contribution in [0.2, 0.25) is 0 Å². The molecule has 0 saturated heterocycles. The van der Waals surface area contributed by atoms with Crippen LogP contribution >= 0.6 is 0 Å². The van der Waals surface area contributed by atoms with Gasteiger partial charge in [-0.25, -0.2) is 0 Å². The van der Waals surface area contributed by atoms with E-state index in [0.29, 0.717) is 11.4 Å². The van der Waals surface area contributed by atoms with Crippen molar-refractivity contribution in [1.29, 1.82) is 0 Å². The molecular formula is C7H10N2O. The first-order valence-corrected chi connectivity index (χ1v) is 3.06. The Morgan fingerprint density at radius 3 is 2.90 bits per heavy atom. The number of aliphatic hydroxyl groups is 1. The minimum atomic E-state index is -0.0448. The van der Waals surface area contributed by atoms with Gasteiger partial charge < -0.3 is 10.8 Å². The summed E-state index contributed by atoms with van der Waals surface area (Å²) in [4.78, 5) is 3.93.